The molecule has 0 aliphatic carbocycles. The lowest BCUT2D eigenvalue weighted by Gasteiger charge is -2.13. The minimum atomic E-state index is 0. The molecular weight excluding hydrogens is 511 g/mol. The zero-order valence-electron chi connectivity index (χ0n) is 17.9. The van der Waals surface area contributed by atoms with Crippen LogP contribution in [0.25, 0.3) is 11.4 Å². The zero-order chi connectivity index (χ0) is 21.3. The van der Waals surface area contributed by atoms with Crippen molar-refractivity contribution >= 4 is 35.6 Å². The predicted molar refractivity (Wildman–Crippen MR) is 132 cm³/mol. The van der Waals surface area contributed by atoms with Gasteiger partial charge in [-0.25, -0.2) is 9.98 Å². The molecule has 1 heterocycles. The van der Waals surface area contributed by atoms with Crippen LogP contribution in [-0.4, -0.2) is 49.0 Å². The van der Waals surface area contributed by atoms with E-state index in [0.29, 0.717) is 42.2 Å². The van der Waals surface area contributed by atoms with Crippen LogP contribution in [0.2, 0.25) is 0 Å². The van der Waals surface area contributed by atoms with Gasteiger partial charge in [0.15, 0.2) is 23.3 Å². The first-order valence-electron chi connectivity index (χ1n) is 9.49. The molecule has 0 radical (unpaired) electrons. The number of benzene rings is 2. The van der Waals surface area contributed by atoms with E-state index in [4.69, 9.17) is 14.2 Å². The number of nitrogens with one attached hydrogen (secondary N) is 3. The minimum absolute atomic E-state index is 0. The van der Waals surface area contributed by atoms with Crippen molar-refractivity contribution in [1.29, 1.82) is 0 Å². The highest BCUT2D eigenvalue weighted by Crippen LogP contribution is 2.29. The van der Waals surface area contributed by atoms with Crippen LogP contribution < -0.4 is 24.8 Å². The highest BCUT2D eigenvalue weighted by molar-refractivity contribution is 14.0. The standard InChI is InChI=1S/C21H26N6O3.HI/c1-5-22-21(24-15-8-11-17(29-3)18(12-15)30-4)23-13-19-25-20(27-26-19)14-6-9-16(28-2)10-7-14;/h6-12H,5,13H2,1-4H3,(H2,22,23,24)(H,25,26,27);1H. The van der Waals surface area contributed by atoms with Crippen molar-refractivity contribution in [3.63, 3.8) is 0 Å². The van der Waals surface area contributed by atoms with Gasteiger partial charge in [0.05, 0.1) is 21.3 Å². The third-order valence-electron chi connectivity index (χ3n) is 4.26. The lowest BCUT2D eigenvalue weighted by Crippen LogP contribution is -2.30. The Labute approximate surface area is 198 Å². The highest BCUT2D eigenvalue weighted by atomic mass is 127. The number of hydrogen-bond donors (Lipinski definition) is 3. The van der Waals surface area contributed by atoms with E-state index in [1.807, 2.05) is 49.4 Å². The number of aromatic amines is 1. The van der Waals surface area contributed by atoms with E-state index in [2.05, 4.69) is 30.8 Å². The summed E-state index contributed by atoms with van der Waals surface area (Å²) in [5.74, 6) is 3.98. The molecule has 31 heavy (non-hydrogen) atoms. The van der Waals surface area contributed by atoms with E-state index < -0.39 is 0 Å². The van der Waals surface area contributed by atoms with E-state index in [0.717, 1.165) is 17.0 Å². The van der Waals surface area contributed by atoms with Crippen LogP contribution in [0.1, 0.15) is 12.7 Å². The molecule has 0 saturated carbocycles. The lowest BCUT2D eigenvalue weighted by molar-refractivity contribution is 0.355. The second-order valence-corrected chi connectivity index (χ2v) is 6.22. The molecule has 0 atom stereocenters. The molecule has 0 fully saturated rings. The molecule has 0 saturated heterocycles. The van der Waals surface area contributed by atoms with Crippen molar-refractivity contribution in [1.82, 2.24) is 20.5 Å². The first-order valence-corrected chi connectivity index (χ1v) is 9.49. The van der Waals surface area contributed by atoms with Gasteiger partial charge in [0.1, 0.15) is 18.1 Å². The van der Waals surface area contributed by atoms with Gasteiger partial charge in [-0.2, -0.15) is 5.10 Å². The number of H-pyrrole nitrogens is 1. The second kappa shape index (κ2) is 12.0. The molecule has 10 heteroatoms. The van der Waals surface area contributed by atoms with Gasteiger partial charge in [0, 0.05) is 23.9 Å². The number of aliphatic imine (C=N–C) groups is 1. The van der Waals surface area contributed by atoms with Crippen LogP contribution in [0.15, 0.2) is 47.5 Å². The fourth-order valence-corrected chi connectivity index (χ4v) is 2.75. The van der Waals surface area contributed by atoms with Gasteiger partial charge in [-0.15, -0.1) is 24.0 Å². The van der Waals surface area contributed by atoms with Crippen molar-refractivity contribution in [2.24, 2.45) is 4.99 Å². The maximum absolute atomic E-state index is 5.35. The van der Waals surface area contributed by atoms with Crippen LogP contribution in [0.5, 0.6) is 17.2 Å². The normalized spacial score (nSPS) is 10.8. The van der Waals surface area contributed by atoms with Gasteiger partial charge in [-0.1, -0.05) is 0 Å². The maximum atomic E-state index is 5.35. The molecule has 3 rings (SSSR count). The number of rotatable bonds is 8. The summed E-state index contributed by atoms with van der Waals surface area (Å²) in [6.07, 6.45) is 0. The van der Waals surface area contributed by atoms with Crippen LogP contribution in [-0.2, 0) is 6.54 Å². The molecule has 0 amide bonds. The fourth-order valence-electron chi connectivity index (χ4n) is 2.75. The first kappa shape index (κ1) is 24.3. The Bertz CT molecular complexity index is 991. The average molecular weight is 538 g/mol. The molecule has 0 bridgehead atoms. The summed E-state index contributed by atoms with van der Waals surface area (Å²) in [4.78, 5) is 9.10. The summed E-state index contributed by atoms with van der Waals surface area (Å²) < 4.78 is 15.8. The number of aromatic nitrogens is 3. The van der Waals surface area contributed by atoms with E-state index in [9.17, 15) is 0 Å². The topological polar surface area (TPSA) is 106 Å². The fraction of sp³-hybridized carbons (Fsp3) is 0.286. The Hall–Kier alpha value is -3.02. The summed E-state index contributed by atoms with van der Waals surface area (Å²) >= 11 is 0. The van der Waals surface area contributed by atoms with Crippen LogP contribution in [0.3, 0.4) is 0 Å². The summed E-state index contributed by atoms with van der Waals surface area (Å²) in [5, 5.41) is 13.7. The van der Waals surface area contributed by atoms with E-state index in [1.54, 1.807) is 21.3 Å². The summed E-state index contributed by atoms with van der Waals surface area (Å²) in [6.45, 7) is 3.06. The molecule has 166 valence electrons. The number of ether oxygens (including phenoxy) is 3. The molecule has 0 aliphatic heterocycles. The minimum Gasteiger partial charge on any atom is -0.497 e. The van der Waals surface area contributed by atoms with E-state index in [-0.39, 0.29) is 24.0 Å². The SMILES string of the molecule is CCNC(=NCc1nc(-c2ccc(OC)cc2)n[nH]1)Nc1ccc(OC)c(OC)c1.I. The number of nitrogens with zero attached hydrogens (tertiary/aromatic N) is 3. The van der Waals surface area contributed by atoms with E-state index in [1.165, 1.54) is 0 Å². The Morgan fingerprint density at radius 2 is 1.74 bits per heavy atom. The summed E-state index contributed by atoms with van der Waals surface area (Å²) in [7, 11) is 4.84. The average Bonchev–Trinajstić information content (AvgIpc) is 3.26. The molecule has 0 aliphatic rings. The Morgan fingerprint density at radius 1 is 1.00 bits per heavy atom. The van der Waals surface area contributed by atoms with Gasteiger partial charge in [-0.05, 0) is 43.3 Å². The third-order valence-corrected chi connectivity index (χ3v) is 4.26. The molecule has 0 unspecified atom stereocenters. The van der Waals surface area contributed by atoms with Gasteiger partial charge in [0.25, 0.3) is 0 Å². The molecule has 0 spiro atoms. The second-order valence-electron chi connectivity index (χ2n) is 6.22. The molecule has 3 N–H and O–H groups in total. The molecule has 1 aromatic heterocycles. The van der Waals surface area contributed by atoms with Crippen LogP contribution in [0.4, 0.5) is 5.69 Å². The van der Waals surface area contributed by atoms with Gasteiger partial charge < -0.3 is 24.8 Å². The van der Waals surface area contributed by atoms with Gasteiger partial charge in [0.2, 0.25) is 0 Å². The van der Waals surface area contributed by atoms with Gasteiger partial charge in [-0.3, -0.25) is 5.10 Å². The maximum Gasteiger partial charge on any atom is 0.196 e. The largest absolute Gasteiger partial charge is 0.497 e. The number of methoxy groups -OCH3 is 3. The summed E-state index contributed by atoms with van der Waals surface area (Å²) in [6, 6.07) is 13.2. The molecule has 3 aromatic rings. The van der Waals surface area contributed by atoms with Crippen molar-refractivity contribution in [2.45, 2.75) is 13.5 Å². The van der Waals surface area contributed by atoms with Crippen molar-refractivity contribution in [3.05, 3.63) is 48.3 Å². The number of halogens is 1. The zero-order valence-corrected chi connectivity index (χ0v) is 20.3. The summed E-state index contributed by atoms with van der Waals surface area (Å²) in [5.41, 5.74) is 1.72. The van der Waals surface area contributed by atoms with Crippen molar-refractivity contribution in [3.8, 4) is 28.6 Å². The van der Waals surface area contributed by atoms with Crippen LogP contribution in [0, 0.1) is 0 Å². The quantitative estimate of drug-likeness (QED) is 0.228. The smallest absolute Gasteiger partial charge is 0.196 e. The number of hydrogen-bond acceptors (Lipinski definition) is 6. The van der Waals surface area contributed by atoms with Gasteiger partial charge >= 0.3 is 0 Å². The monoisotopic (exact) mass is 538 g/mol. The van der Waals surface area contributed by atoms with E-state index >= 15 is 0 Å². The van der Waals surface area contributed by atoms with Crippen molar-refractivity contribution in [2.75, 3.05) is 33.2 Å². The third kappa shape index (κ3) is 6.48. The van der Waals surface area contributed by atoms with Crippen LogP contribution >= 0.6 is 24.0 Å². The van der Waals surface area contributed by atoms with Crippen molar-refractivity contribution < 1.29 is 14.2 Å². The molecular formula is C21H27IN6O3. The lowest BCUT2D eigenvalue weighted by atomic mass is 10.2. The predicted octanol–water partition coefficient (Wildman–Crippen LogP) is 3.69. The number of guanidine groups is 1. The highest BCUT2D eigenvalue weighted by Gasteiger charge is 2.08. The molecule has 2 aromatic carbocycles. The Balaban J connectivity index is 0.00000341. The Kier molecular flexibility index (Phi) is 9.38. The first-order chi connectivity index (χ1) is 14.7. The Morgan fingerprint density at radius 3 is 2.39 bits per heavy atom. The molecule has 9 nitrogen and oxygen atoms in total. The number of anilines is 1.